The predicted octanol–water partition coefficient (Wildman–Crippen LogP) is 3.06. The zero-order valence-electron chi connectivity index (χ0n) is 12.7. The summed E-state index contributed by atoms with van der Waals surface area (Å²) >= 11 is 3.31. The van der Waals surface area contributed by atoms with Gasteiger partial charge in [0.25, 0.3) is 0 Å². The molecule has 122 valence electrons. The van der Waals surface area contributed by atoms with Crippen LogP contribution in [0.4, 0.5) is 5.69 Å². The van der Waals surface area contributed by atoms with Gasteiger partial charge in [0.2, 0.25) is 15.9 Å². The fourth-order valence-electron chi connectivity index (χ4n) is 1.86. The molecule has 23 heavy (non-hydrogen) atoms. The fraction of sp³-hybridized carbons (Fsp3) is 0.188. The first-order chi connectivity index (χ1) is 10.8. The molecule has 0 heterocycles. The summed E-state index contributed by atoms with van der Waals surface area (Å²) in [7, 11) is -3.74. The van der Waals surface area contributed by atoms with E-state index < -0.39 is 22.0 Å². The van der Waals surface area contributed by atoms with Crippen molar-refractivity contribution >= 4 is 37.5 Å². The van der Waals surface area contributed by atoms with E-state index in [0.29, 0.717) is 5.69 Å². The van der Waals surface area contributed by atoms with Crippen molar-refractivity contribution < 1.29 is 13.2 Å². The first kappa shape index (κ1) is 17.7. The Bertz CT molecular complexity index is 787. The summed E-state index contributed by atoms with van der Waals surface area (Å²) in [6.07, 6.45) is 0. The molecule has 0 aromatic heterocycles. The number of aryl methyl sites for hydroxylation is 1. The van der Waals surface area contributed by atoms with E-state index in [1.165, 1.54) is 19.1 Å². The van der Waals surface area contributed by atoms with E-state index in [1.807, 2.05) is 6.92 Å². The Morgan fingerprint density at radius 3 is 2.17 bits per heavy atom. The van der Waals surface area contributed by atoms with Crippen molar-refractivity contribution in [1.82, 2.24) is 4.72 Å². The molecule has 2 N–H and O–H groups in total. The SMILES string of the molecule is Cc1ccc(S(=O)(=O)N[C@@H](C)C(=O)Nc2ccc(Br)cc2)cc1. The number of rotatable bonds is 5. The predicted molar refractivity (Wildman–Crippen MR) is 93.7 cm³/mol. The molecule has 2 aromatic carbocycles. The van der Waals surface area contributed by atoms with Crippen LogP contribution in [-0.2, 0) is 14.8 Å². The van der Waals surface area contributed by atoms with E-state index >= 15 is 0 Å². The topological polar surface area (TPSA) is 75.3 Å². The summed E-state index contributed by atoms with van der Waals surface area (Å²) in [4.78, 5) is 12.2. The quantitative estimate of drug-likeness (QED) is 0.815. The van der Waals surface area contributed by atoms with Crippen molar-refractivity contribution in [2.75, 3.05) is 5.32 Å². The lowest BCUT2D eigenvalue weighted by molar-refractivity contribution is -0.117. The van der Waals surface area contributed by atoms with E-state index in [-0.39, 0.29) is 4.90 Å². The van der Waals surface area contributed by atoms with Crippen molar-refractivity contribution in [2.45, 2.75) is 24.8 Å². The van der Waals surface area contributed by atoms with Crippen molar-refractivity contribution in [3.05, 3.63) is 58.6 Å². The van der Waals surface area contributed by atoms with Gasteiger partial charge in [-0.3, -0.25) is 4.79 Å². The van der Waals surface area contributed by atoms with Crippen molar-refractivity contribution in [3.8, 4) is 0 Å². The molecule has 0 fully saturated rings. The molecule has 1 amide bonds. The minimum Gasteiger partial charge on any atom is -0.325 e. The Hall–Kier alpha value is -1.70. The number of hydrogen-bond donors (Lipinski definition) is 2. The van der Waals surface area contributed by atoms with Gasteiger partial charge in [-0.2, -0.15) is 4.72 Å². The maximum Gasteiger partial charge on any atom is 0.242 e. The fourth-order valence-corrected chi connectivity index (χ4v) is 3.32. The second-order valence-corrected chi connectivity index (χ2v) is 7.78. The van der Waals surface area contributed by atoms with Gasteiger partial charge in [0.05, 0.1) is 10.9 Å². The molecule has 7 heteroatoms. The molecule has 2 rings (SSSR count). The highest BCUT2D eigenvalue weighted by Crippen LogP contribution is 2.15. The van der Waals surface area contributed by atoms with Crippen LogP contribution in [0.2, 0.25) is 0 Å². The summed E-state index contributed by atoms with van der Waals surface area (Å²) in [5.41, 5.74) is 1.56. The molecule has 0 spiro atoms. The van der Waals surface area contributed by atoms with E-state index in [0.717, 1.165) is 10.0 Å². The lowest BCUT2D eigenvalue weighted by Gasteiger charge is -2.14. The zero-order chi connectivity index (χ0) is 17.0. The molecule has 0 aliphatic carbocycles. The molecule has 0 aliphatic heterocycles. The average molecular weight is 397 g/mol. The second kappa shape index (κ2) is 7.25. The summed E-state index contributed by atoms with van der Waals surface area (Å²) in [5.74, 6) is -0.428. The number of benzene rings is 2. The molecule has 0 aliphatic rings. The number of anilines is 1. The van der Waals surface area contributed by atoms with Gasteiger partial charge in [0, 0.05) is 10.2 Å². The molecule has 2 aromatic rings. The Morgan fingerprint density at radius 2 is 1.61 bits per heavy atom. The normalized spacial score (nSPS) is 12.7. The number of hydrogen-bond acceptors (Lipinski definition) is 3. The van der Waals surface area contributed by atoms with Gasteiger partial charge < -0.3 is 5.32 Å². The van der Waals surface area contributed by atoms with E-state index in [2.05, 4.69) is 26.0 Å². The van der Waals surface area contributed by atoms with Gasteiger partial charge in [0.1, 0.15) is 0 Å². The summed E-state index contributed by atoms with van der Waals surface area (Å²) in [6.45, 7) is 3.37. The Morgan fingerprint density at radius 1 is 1.04 bits per heavy atom. The van der Waals surface area contributed by atoms with Crippen LogP contribution in [0.25, 0.3) is 0 Å². The minimum atomic E-state index is -3.74. The summed E-state index contributed by atoms with van der Waals surface area (Å²) in [6, 6.07) is 12.6. The van der Waals surface area contributed by atoms with Gasteiger partial charge in [0.15, 0.2) is 0 Å². The molecule has 0 radical (unpaired) electrons. The molecular formula is C16H17BrN2O3S. The monoisotopic (exact) mass is 396 g/mol. The van der Waals surface area contributed by atoms with E-state index in [1.54, 1.807) is 36.4 Å². The van der Waals surface area contributed by atoms with Crippen LogP contribution in [-0.4, -0.2) is 20.4 Å². The lowest BCUT2D eigenvalue weighted by atomic mass is 10.2. The average Bonchev–Trinajstić information content (AvgIpc) is 2.49. The standard InChI is InChI=1S/C16H17BrN2O3S/c1-11-3-9-15(10-4-11)23(21,22)19-12(2)16(20)18-14-7-5-13(17)6-8-14/h3-10,12,19H,1-2H3,(H,18,20)/t12-/m0/s1. The molecule has 1 atom stereocenters. The molecule has 5 nitrogen and oxygen atoms in total. The van der Waals surface area contributed by atoms with Crippen molar-refractivity contribution in [1.29, 1.82) is 0 Å². The van der Waals surface area contributed by atoms with Crippen LogP contribution in [0.15, 0.2) is 57.9 Å². The first-order valence-electron chi connectivity index (χ1n) is 6.93. The van der Waals surface area contributed by atoms with Gasteiger partial charge >= 0.3 is 0 Å². The third kappa shape index (κ3) is 4.89. The largest absolute Gasteiger partial charge is 0.325 e. The Balaban J connectivity index is 2.05. The minimum absolute atomic E-state index is 0.131. The van der Waals surface area contributed by atoms with Gasteiger partial charge in [-0.05, 0) is 50.2 Å². The molecule has 0 bridgehead atoms. The van der Waals surface area contributed by atoms with E-state index in [9.17, 15) is 13.2 Å². The molecule has 0 unspecified atom stereocenters. The molecule has 0 saturated heterocycles. The molecular weight excluding hydrogens is 380 g/mol. The summed E-state index contributed by atoms with van der Waals surface area (Å²) in [5, 5.41) is 2.67. The van der Waals surface area contributed by atoms with Crippen LogP contribution in [0, 0.1) is 6.92 Å². The lowest BCUT2D eigenvalue weighted by Crippen LogP contribution is -2.41. The van der Waals surface area contributed by atoms with Gasteiger partial charge in [-0.15, -0.1) is 0 Å². The zero-order valence-corrected chi connectivity index (χ0v) is 15.1. The Labute approximate surface area is 144 Å². The van der Waals surface area contributed by atoms with E-state index in [4.69, 9.17) is 0 Å². The maximum atomic E-state index is 12.3. The van der Waals surface area contributed by atoms with Crippen LogP contribution in [0.3, 0.4) is 0 Å². The number of amides is 1. The smallest absolute Gasteiger partial charge is 0.242 e. The van der Waals surface area contributed by atoms with Crippen LogP contribution >= 0.6 is 15.9 Å². The highest BCUT2D eigenvalue weighted by molar-refractivity contribution is 9.10. The Kier molecular flexibility index (Phi) is 5.56. The molecule has 0 saturated carbocycles. The highest BCUT2D eigenvalue weighted by Gasteiger charge is 2.22. The third-order valence-corrected chi connectivity index (χ3v) is 5.25. The van der Waals surface area contributed by atoms with Crippen molar-refractivity contribution in [2.24, 2.45) is 0 Å². The third-order valence-electron chi connectivity index (χ3n) is 3.17. The summed E-state index contributed by atoms with van der Waals surface area (Å²) < 4.78 is 27.8. The number of halogens is 1. The van der Waals surface area contributed by atoms with Crippen molar-refractivity contribution in [3.63, 3.8) is 0 Å². The maximum absolute atomic E-state index is 12.3. The number of nitrogens with one attached hydrogen (secondary N) is 2. The highest BCUT2D eigenvalue weighted by atomic mass is 79.9. The second-order valence-electron chi connectivity index (χ2n) is 5.15. The van der Waals surface area contributed by atoms with Crippen LogP contribution < -0.4 is 10.0 Å². The number of carbonyl (C=O) groups excluding carboxylic acids is 1. The first-order valence-corrected chi connectivity index (χ1v) is 9.21. The number of sulfonamides is 1. The van der Waals surface area contributed by atoms with Gasteiger partial charge in [-0.25, -0.2) is 8.42 Å². The number of carbonyl (C=O) groups is 1. The van der Waals surface area contributed by atoms with Crippen LogP contribution in [0.5, 0.6) is 0 Å². The van der Waals surface area contributed by atoms with Crippen LogP contribution in [0.1, 0.15) is 12.5 Å². The van der Waals surface area contributed by atoms with Gasteiger partial charge in [-0.1, -0.05) is 33.6 Å².